The van der Waals surface area contributed by atoms with Crippen LogP contribution in [-0.2, 0) is 14.3 Å². The molecule has 0 bridgehead atoms. The SMILES string of the molecule is CC1(C)CCC[C@]2(C#N)CC(=O)CC[C@@H]12.CC1(C)CCC[C@]2(C#N)CC3(CC[C@@H]12)OCCO3. The molecule has 182 valence electrons. The third-order valence-electron chi connectivity index (χ3n) is 9.99. The highest BCUT2D eigenvalue weighted by atomic mass is 16.7. The molecule has 1 saturated heterocycles. The zero-order chi connectivity index (χ0) is 24.0. The maximum Gasteiger partial charge on any atom is 0.170 e. The minimum absolute atomic E-state index is 0.218. The van der Waals surface area contributed by atoms with Crippen LogP contribution in [0.15, 0.2) is 0 Å². The fourth-order valence-electron chi connectivity index (χ4n) is 8.44. The zero-order valence-electron chi connectivity index (χ0n) is 21.2. The molecule has 5 heteroatoms. The van der Waals surface area contributed by atoms with E-state index in [0.717, 1.165) is 51.4 Å². The molecule has 1 spiro atoms. The second-order valence-corrected chi connectivity index (χ2v) is 12.9. The van der Waals surface area contributed by atoms with E-state index in [1.165, 1.54) is 12.8 Å². The van der Waals surface area contributed by atoms with E-state index >= 15 is 0 Å². The average Bonchev–Trinajstić information content (AvgIpc) is 3.20. The maximum absolute atomic E-state index is 11.5. The van der Waals surface area contributed by atoms with Crippen LogP contribution in [0.5, 0.6) is 0 Å². The van der Waals surface area contributed by atoms with Gasteiger partial charge in [0.25, 0.3) is 0 Å². The van der Waals surface area contributed by atoms with Gasteiger partial charge in [0.15, 0.2) is 5.79 Å². The van der Waals surface area contributed by atoms with Gasteiger partial charge in [-0.3, -0.25) is 4.79 Å². The number of ether oxygens (including phenoxy) is 2. The summed E-state index contributed by atoms with van der Waals surface area (Å²) in [5.74, 6) is 0.800. The minimum atomic E-state index is -0.431. The first-order valence-corrected chi connectivity index (χ1v) is 13.1. The Morgan fingerprint density at radius 2 is 1.33 bits per heavy atom. The molecule has 0 aromatic carbocycles. The molecule has 33 heavy (non-hydrogen) atoms. The van der Waals surface area contributed by atoms with E-state index in [4.69, 9.17) is 9.47 Å². The van der Waals surface area contributed by atoms with E-state index < -0.39 is 5.79 Å². The Kier molecular flexibility index (Phi) is 6.48. The van der Waals surface area contributed by atoms with E-state index in [1.807, 2.05) is 0 Å². The molecule has 4 saturated carbocycles. The number of carbonyl (C=O) groups excluding carboxylic acids is 1. The van der Waals surface area contributed by atoms with Crippen LogP contribution in [0, 0.1) is 56.2 Å². The highest BCUT2D eigenvalue weighted by Gasteiger charge is 2.58. The summed E-state index contributed by atoms with van der Waals surface area (Å²) in [6, 6.07) is 5.15. The van der Waals surface area contributed by atoms with Crippen molar-refractivity contribution in [2.45, 2.75) is 111 Å². The molecule has 5 fully saturated rings. The quantitative estimate of drug-likeness (QED) is 0.427. The van der Waals surface area contributed by atoms with Crippen molar-refractivity contribution in [2.24, 2.45) is 33.5 Å². The maximum atomic E-state index is 11.5. The normalized spacial score (nSPS) is 40.4. The second kappa shape index (κ2) is 8.66. The van der Waals surface area contributed by atoms with E-state index in [1.54, 1.807) is 0 Å². The monoisotopic (exact) mass is 454 g/mol. The van der Waals surface area contributed by atoms with E-state index in [-0.39, 0.29) is 21.7 Å². The van der Waals surface area contributed by atoms with Crippen LogP contribution >= 0.6 is 0 Å². The lowest BCUT2D eigenvalue weighted by Crippen LogP contribution is -2.52. The topological polar surface area (TPSA) is 83.1 Å². The summed E-state index contributed by atoms with van der Waals surface area (Å²) in [7, 11) is 0. The van der Waals surface area contributed by atoms with Gasteiger partial charge in [-0.05, 0) is 61.2 Å². The largest absolute Gasteiger partial charge is 0.347 e. The van der Waals surface area contributed by atoms with Crippen LogP contribution in [0.3, 0.4) is 0 Å². The lowest BCUT2D eigenvalue weighted by molar-refractivity contribution is -0.220. The van der Waals surface area contributed by atoms with Gasteiger partial charge >= 0.3 is 0 Å². The van der Waals surface area contributed by atoms with Crippen LogP contribution in [0.1, 0.15) is 105 Å². The average molecular weight is 455 g/mol. The summed E-state index contributed by atoms with van der Waals surface area (Å²) in [4.78, 5) is 11.5. The summed E-state index contributed by atoms with van der Waals surface area (Å²) in [6.07, 6.45) is 11.6. The Morgan fingerprint density at radius 1 is 0.788 bits per heavy atom. The molecule has 0 aromatic heterocycles. The highest BCUT2D eigenvalue weighted by Crippen LogP contribution is 2.61. The number of nitriles is 2. The van der Waals surface area contributed by atoms with Crippen LogP contribution < -0.4 is 0 Å². The molecule has 4 aliphatic carbocycles. The summed E-state index contributed by atoms with van der Waals surface area (Å²) in [5, 5.41) is 19.2. The number of Topliss-reactive ketones (excluding diaryl/α,β-unsaturated/α-hetero) is 1. The molecule has 4 atom stereocenters. The van der Waals surface area contributed by atoms with E-state index in [0.29, 0.717) is 43.7 Å². The van der Waals surface area contributed by atoms with Gasteiger partial charge < -0.3 is 9.47 Å². The van der Waals surface area contributed by atoms with E-state index in [2.05, 4.69) is 39.8 Å². The Bertz CT molecular complexity index is 844. The van der Waals surface area contributed by atoms with Crippen molar-refractivity contribution in [3.05, 3.63) is 0 Å². The van der Waals surface area contributed by atoms with Crippen molar-refractivity contribution in [1.82, 2.24) is 0 Å². The molecule has 5 rings (SSSR count). The van der Waals surface area contributed by atoms with Crippen molar-refractivity contribution < 1.29 is 14.3 Å². The molecular weight excluding hydrogens is 412 g/mol. The predicted octanol–water partition coefficient (Wildman–Crippen LogP) is 6.33. The fourth-order valence-corrected chi connectivity index (χ4v) is 8.44. The first-order valence-electron chi connectivity index (χ1n) is 13.1. The summed E-state index contributed by atoms with van der Waals surface area (Å²) >= 11 is 0. The van der Waals surface area contributed by atoms with Gasteiger partial charge in [-0.2, -0.15) is 10.5 Å². The van der Waals surface area contributed by atoms with Gasteiger partial charge in [-0.25, -0.2) is 0 Å². The second-order valence-electron chi connectivity index (χ2n) is 12.9. The van der Waals surface area contributed by atoms with E-state index in [9.17, 15) is 15.3 Å². The molecule has 1 heterocycles. The predicted molar refractivity (Wildman–Crippen MR) is 126 cm³/mol. The van der Waals surface area contributed by atoms with Crippen LogP contribution in [0.25, 0.3) is 0 Å². The number of rotatable bonds is 0. The van der Waals surface area contributed by atoms with Crippen molar-refractivity contribution >= 4 is 5.78 Å². The Morgan fingerprint density at radius 3 is 1.91 bits per heavy atom. The first-order chi connectivity index (χ1) is 15.5. The summed E-state index contributed by atoms with van der Waals surface area (Å²) in [6.45, 7) is 10.6. The fraction of sp³-hybridized carbons (Fsp3) is 0.893. The molecule has 5 aliphatic rings. The zero-order valence-corrected chi connectivity index (χ0v) is 21.2. The molecule has 0 amide bonds. The van der Waals surface area contributed by atoms with Gasteiger partial charge in [0.05, 0.1) is 36.2 Å². The molecule has 0 unspecified atom stereocenters. The van der Waals surface area contributed by atoms with Crippen molar-refractivity contribution in [1.29, 1.82) is 10.5 Å². The van der Waals surface area contributed by atoms with Gasteiger partial charge in [0, 0.05) is 25.7 Å². The van der Waals surface area contributed by atoms with Gasteiger partial charge in [0.2, 0.25) is 0 Å². The van der Waals surface area contributed by atoms with Crippen molar-refractivity contribution in [3.63, 3.8) is 0 Å². The smallest absolute Gasteiger partial charge is 0.170 e. The van der Waals surface area contributed by atoms with Gasteiger partial charge in [-0.15, -0.1) is 0 Å². The van der Waals surface area contributed by atoms with Crippen LogP contribution in [0.2, 0.25) is 0 Å². The van der Waals surface area contributed by atoms with Crippen molar-refractivity contribution in [3.8, 4) is 12.1 Å². The Balaban J connectivity index is 0.000000160. The molecule has 0 aromatic rings. The summed E-state index contributed by atoms with van der Waals surface area (Å²) < 4.78 is 11.7. The lowest BCUT2D eigenvalue weighted by Gasteiger charge is -2.55. The standard InChI is InChI=1S/C15H23NO2.C13H19NO/c1-13(2)5-3-6-14(11-16)10-15(7-4-12(13)14)17-8-9-18-15;1-12(2)6-3-7-13(9-14)8-10(15)4-5-11(12)13/h12H,3-10H2,1-2H3;11H,3-8H2,1-2H3/t12-,14+;11-,13+/m00/s1. The summed E-state index contributed by atoms with van der Waals surface area (Å²) in [5.41, 5.74) is -0.00963. The lowest BCUT2D eigenvalue weighted by atomic mass is 9.50. The van der Waals surface area contributed by atoms with Crippen LogP contribution in [-0.4, -0.2) is 24.8 Å². The number of hydrogen-bond donors (Lipinski definition) is 0. The Labute approximate surface area is 200 Å². The minimum Gasteiger partial charge on any atom is -0.347 e. The van der Waals surface area contributed by atoms with Crippen molar-refractivity contribution in [2.75, 3.05) is 13.2 Å². The highest BCUT2D eigenvalue weighted by molar-refractivity contribution is 5.80. The molecule has 0 radical (unpaired) electrons. The Hall–Kier alpha value is -1.43. The number of fused-ring (bicyclic) bond motifs is 2. The third-order valence-corrected chi connectivity index (χ3v) is 9.99. The number of hydrogen-bond acceptors (Lipinski definition) is 5. The van der Waals surface area contributed by atoms with Gasteiger partial charge in [0.1, 0.15) is 5.78 Å². The number of carbonyl (C=O) groups is 1. The third kappa shape index (κ3) is 4.37. The molecule has 5 nitrogen and oxygen atoms in total. The molecule has 0 N–H and O–H groups in total. The van der Waals surface area contributed by atoms with Crippen LogP contribution in [0.4, 0.5) is 0 Å². The first kappa shape index (κ1) is 24.7. The number of ketones is 1. The molecular formula is C28H42N2O3. The van der Waals surface area contributed by atoms with Gasteiger partial charge in [-0.1, -0.05) is 40.5 Å². The number of nitrogens with zero attached hydrogens (tertiary/aromatic N) is 2. The molecule has 1 aliphatic heterocycles.